The Hall–Kier alpha value is -2.88. The summed E-state index contributed by atoms with van der Waals surface area (Å²) in [6.07, 6.45) is 3.22. The first kappa shape index (κ1) is 19.4. The van der Waals surface area contributed by atoms with Crippen molar-refractivity contribution in [3.63, 3.8) is 0 Å². The van der Waals surface area contributed by atoms with Gasteiger partial charge < -0.3 is 22.6 Å². The smallest absolute Gasteiger partial charge is 1.00 e. The first-order valence-electron chi connectivity index (χ1n) is 9.67. The van der Waals surface area contributed by atoms with Crippen LogP contribution in [0.2, 0.25) is 0 Å². The Bertz CT molecular complexity index is 1220. The van der Waals surface area contributed by atoms with E-state index in [0.717, 1.165) is 29.5 Å². The molecule has 4 heteroatoms. The van der Waals surface area contributed by atoms with Crippen molar-refractivity contribution in [2.75, 3.05) is 0 Å². The lowest BCUT2D eigenvalue weighted by Gasteiger charge is -2.38. The molecule has 0 bridgehead atoms. The normalized spacial score (nSPS) is 14.8. The lowest BCUT2D eigenvalue weighted by atomic mass is 9.72. The highest BCUT2D eigenvalue weighted by Gasteiger charge is 2.34. The molecule has 0 atom stereocenters. The largest absolute Gasteiger partial charge is 1.00 e. The van der Waals surface area contributed by atoms with E-state index in [1.807, 2.05) is 66.7 Å². The minimum atomic E-state index is -0.203. The van der Waals surface area contributed by atoms with E-state index in [-0.39, 0.29) is 24.8 Å². The zero-order valence-corrected chi connectivity index (χ0v) is 16.7. The maximum atomic E-state index is 13.3. The molecule has 1 aromatic heterocycles. The minimum absolute atomic E-state index is 0. The Morgan fingerprint density at radius 2 is 1.48 bits per heavy atom. The predicted molar refractivity (Wildman–Crippen MR) is 114 cm³/mol. The first-order valence-corrected chi connectivity index (χ1v) is 9.67. The number of rotatable bonds is 3. The van der Waals surface area contributed by atoms with Crippen LogP contribution in [0.5, 0.6) is 0 Å². The third-order valence-corrected chi connectivity index (χ3v) is 5.83. The average molecular weight is 404 g/mol. The van der Waals surface area contributed by atoms with Gasteiger partial charge in [-0.1, -0.05) is 66.7 Å². The fourth-order valence-electron chi connectivity index (χ4n) is 4.01. The number of nitrogens with two attached hydrogens (primary N) is 1. The molecule has 4 aromatic rings. The molecule has 1 saturated carbocycles. The molecule has 2 N–H and O–H groups in total. The van der Waals surface area contributed by atoms with E-state index in [1.165, 1.54) is 6.42 Å². The molecular weight excluding hydrogens is 382 g/mol. The van der Waals surface area contributed by atoms with Crippen molar-refractivity contribution in [1.29, 1.82) is 0 Å². The summed E-state index contributed by atoms with van der Waals surface area (Å²) >= 11 is 0. The molecule has 1 aliphatic carbocycles. The first-order chi connectivity index (χ1) is 13.7. The Kier molecular flexibility index (Phi) is 5.03. The van der Waals surface area contributed by atoms with E-state index in [0.29, 0.717) is 22.3 Å². The third-order valence-electron chi connectivity index (χ3n) is 5.83. The van der Waals surface area contributed by atoms with Gasteiger partial charge in [0, 0.05) is 11.1 Å². The van der Waals surface area contributed by atoms with E-state index in [9.17, 15) is 4.79 Å². The van der Waals surface area contributed by atoms with Gasteiger partial charge in [0.2, 0.25) is 5.43 Å². The number of halogens is 1. The standard InChI is InChI=1S/C25H21NO2.ClH/c26-25(15-6-16-25)19-13-11-18(12-14-19)24-22(17-7-2-1-3-8-17)23(27)20-9-4-5-10-21(20)28-24;/h1-5,7-14H,6,15-16,26H2;1H. The summed E-state index contributed by atoms with van der Waals surface area (Å²) in [6.45, 7) is 0. The van der Waals surface area contributed by atoms with Crippen LogP contribution in [0.15, 0.2) is 88.1 Å². The number of hydrogen-bond acceptors (Lipinski definition) is 3. The zero-order chi connectivity index (χ0) is 19.1. The van der Waals surface area contributed by atoms with E-state index in [4.69, 9.17) is 10.2 Å². The van der Waals surface area contributed by atoms with Crippen molar-refractivity contribution < 1.29 is 18.3 Å². The van der Waals surface area contributed by atoms with Crippen LogP contribution >= 0.6 is 0 Å². The third kappa shape index (κ3) is 3.27. The Morgan fingerprint density at radius 1 is 0.828 bits per heavy atom. The number of fused-ring (bicyclic) bond motifs is 1. The molecule has 1 aliphatic rings. The SMILES string of the molecule is NC1(c2ccc(-c3oc4ccccc4c(=O)c3-c3ccccc3)cc2)CCC1.[Cl-].[H+]. The lowest BCUT2D eigenvalue weighted by Crippen LogP contribution is -3.00. The van der Waals surface area contributed by atoms with Crippen LogP contribution in [0.1, 0.15) is 26.3 Å². The van der Waals surface area contributed by atoms with Crippen molar-refractivity contribution in [3.05, 3.63) is 94.6 Å². The summed E-state index contributed by atoms with van der Waals surface area (Å²) < 4.78 is 6.25. The fourth-order valence-corrected chi connectivity index (χ4v) is 4.01. The van der Waals surface area contributed by atoms with Gasteiger partial charge in [-0.15, -0.1) is 0 Å². The number of hydrogen-bond donors (Lipinski definition) is 1. The molecule has 0 aliphatic heterocycles. The van der Waals surface area contributed by atoms with Crippen molar-refractivity contribution >= 4 is 11.0 Å². The van der Waals surface area contributed by atoms with Gasteiger partial charge >= 0.3 is 1.43 Å². The van der Waals surface area contributed by atoms with E-state index in [2.05, 4.69) is 12.1 Å². The van der Waals surface area contributed by atoms with Gasteiger partial charge in [-0.3, -0.25) is 4.79 Å². The second kappa shape index (κ2) is 7.51. The molecular formula is C25H22ClNO2. The van der Waals surface area contributed by atoms with Gasteiger partial charge in [0.25, 0.3) is 0 Å². The van der Waals surface area contributed by atoms with Crippen LogP contribution in [0, 0.1) is 0 Å². The van der Waals surface area contributed by atoms with Crippen LogP contribution in [0.4, 0.5) is 0 Å². The van der Waals surface area contributed by atoms with E-state index in [1.54, 1.807) is 0 Å². The molecule has 29 heavy (non-hydrogen) atoms. The molecule has 0 unspecified atom stereocenters. The molecule has 0 spiro atoms. The zero-order valence-electron chi connectivity index (χ0n) is 16.9. The Balaban J connectivity index is 0.00000128. The highest BCUT2D eigenvalue weighted by atomic mass is 35.5. The fraction of sp³-hybridized carbons (Fsp3) is 0.160. The highest BCUT2D eigenvalue weighted by molar-refractivity contribution is 5.89. The van der Waals surface area contributed by atoms with Gasteiger partial charge in [-0.25, -0.2) is 0 Å². The van der Waals surface area contributed by atoms with Crippen LogP contribution in [-0.2, 0) is 5.54 Å². The maximum Gasteiger partial charge on any atom is 1.00 e. The van der Waals surface area contributed by atoms with Crippen LogP contribution in [-0.4, -0.2) is 0 Å². The average Bonchev–Trinajstić information content (AvgIpc) is 2.73. The number of para-hydroxylation sites is 1. The van der Waals surface area contributed by atoms with Crippen LogP contribution in [0.25, 0.3) is 33.4 Å². The topological polar surface area (TPSA) is 56.2 Å². The van der Waals surface area contributed by atoms with E-state index < -0.39 is 0 Å². The van der Waals surface area contributed by atoms with Gasteiger partial charge in [0.1, 0.15) is 11.3 Å². The van der Waals surface area contributed by atoms with Gasteiger partial charge in [-0.05, 0) is 42.5 Å². The molecule has 0 amide bonds. The summed E-state index contributed by atoms with van der Waals surface area (Å²) in [5.74, 6) is 0.598. The van der Waals surface area contributed by atoms with E-state index >= 15 is 0 Å². The summed E-state index contributed by atoms with van der Waals surface area (Å²) in [4.78, 5) is 13.3. The van der Waals surface area contributed by atoms with Crippen LogP contribution < -0.4 is 23.6 Å². The Labute approximate surface area is 177 Å². The monoisotopic (exact) mass is 403 g/mol. The molecule has 1 fully saturated rings. The Morgan fingerprint density at radius 3 is 2.14 bits per heavy atom. The molecule has 1 heterocycles. The number of benzene rings is 3. The minimum Gasteiger partial charge on any atom is -1.00 e. The quantitative estimate of drug-likeness (QED) is 0.572. The molecule has 5 rings (SSSR count). The van der Waals surface area contributed by atoms with Gasteiger partial charge in [0.05, 0.1) is 10.9 Å². The summed E-state index contributed by atoms with van der Waals surface area (Å²) in [6, 6.07) is 25.3. The van der Waals surface area contributed by atoms with Crippen molar-refractivity contribution in [3.8, 4) is 22.5 Å². The van der Waals surface area contributed by atoms with Gasteiger partial charge in [0.15, 0.2) is 0 Å². The van der Waals surface area contributed by atoms with Gasteiger partial charge in [-0.2, -0.15) is 0 Å². The molecule has 0 saturated heterocycles. The molecule has 146 valence electrons. The highest BCUT2D eigenvalue weighted by Crippen LogP contribution is 2.40. The van der Waals surface area contributed by atoms with Crippen molar-refractivity contribution in [1.82, 2.24) is 0 Å². The second-order valence-electron chi connectivity index (χ2n) is 7.58. The molecule has 3 nitrogen and oxygen atoms in total. The molecule has 0 radical (unpaired) electrons. The maximum absolute atomic E-state index is 13.3. The van der Waals surface area contributed by atoms with Crippen LogP contribution in [0.3, 0.4) is 0 Å². The second-order valence-corrected chi connectivity index (χ2v) is 7.58. The van der Waals surface area contributed by atoms with Crippen molar-refractivity contribution in [2.45, 2.75) is 24.8 Å². The van der Waals surface area contributed by atoms with Crippen molar-refractivity contribution in [2.24, 2.45) is 5.73 Å². The lowest BCUT2D eigenvalue weighted by molar-refractivity contribution is -0.00000632. The summed E-state index contributed by atoms with van der Waals surface area (Å²) in [7, 11) is 0. The predicted octanol–water partition coefficient (Wildman–Crippen LogP) is 2.58. The molecule has 3 aromatic carbocycles. The summed E-state index contributed by atoms with van der Waals surface area (Å²) in [5.41, 5.74) is 10.3. The summed E-state index contributed by atoms with van der Waals surface area (Å²) in [5, 5.41) is 0.595.